The summed E-state index contributed by atoms with van der Waals surface area (Å²) in [6.45, 7) is 4.92. The van der Waals surface area contributed by atoms with Gasteiger partial charge in [-0.1, -0.05) is 38.1 Å². The number of pyridine rings is 1. The first-order valence-electron chi connectivity index (χ1n) is 8.35. The van der Waals surface area contributed by atoms with Gasteiger partial charge in [-0.2, -0.15) is 0 Å². The highest BCUT2D eigenvalue weighted by Gasteiger charge is 2.09. The molecule has 0 fully saturated rings. The first-order valence-corrected chi connectivity index (χ1v) is 8.35. The molecule has 24 heavy (non-hydrogen) atoms. The molecule has 1 aromatic heterocycles. The fourth-order valence-corrected chi connectivity index (χ4v) is 2.40. The standard InChI is InChI=1S/C20H24N2O2/c1-15(2)17-7-5-16(6-8-17)11-13-22-20(24)10-9-19(23)18-4-3-12-21-14-18/h3-8,12,14-15H,9-11,13H2,1-2H3,(H,22,24). The van der Waals surface area contributed by atoms with E-state index in [1.807, 2.05) is 0 Å². The zero-order chi connectivity index (χ0) is 17.4. The fourth-order valence-electron chi connectivity index (χ4n) is 2.40. The second-order valence-corrected chi connectivity index (χ2v) is 6.16. The van der Waals surface area contributed by atoms with Crippen molar-refractivity contribution in [1.29, 1.82) is 0 Å². The number of hydrogen-bond acceptors (Lipinski definition) is 3. The van der Waals surface area contributed by atoms with Crippen molar-refractivity contribution in [3.8, 4) is 0 Å². The molecule has 1 heterocycles. The van der Waals surface area contributed by atoms with Gasteiger partial charge in [-0.25, -0.2) is 0 Å². The minimum Gasteiger partial charge on any atom is -0.356 e. The van der Waals surface area contributed by atoms with Crippen molar-refractivity contribution in [2.75, 3.05) is 6.54 Å². The largest absolute Gasteiger partial charge is 0.356 e. The molecule has 0 aliphatic rings. The molecule has 1 aromatic carbocycles. The van der Waals surface area contributed by atoms with Crippen molar-refractivity contribution in [3.63, 3.8) is 0 Å². The van der Waals surface area contributed by atoms with E-state index in [-0.39, 0.29) is 24.5 Å². The van der Waals surface area contributed by atoms with Crippen molar-refractivity contribution in [2.45, 2.75) is 39.0 Å². The Morgan fingerprint density at radius 2 is 1.83 bits per heavy atom. The van der Waals surface area contributed by atoms with Gasteiger partial charge in [0, 0.05) is 37.3 Å². The molecule has 0 spiro atoms. The van der Waals surface area contributed by atoms with Crippen LogP contribution in [0.3, 0.4) is 0 Å². The van der Waals surface area contributed by atoms with Gasteiger partial charge < -0.3 is 5.32 Å². The first-order chi connectivity index (χ1) is 11.6. The highest BCUT2D eigenvalue weighted by atomic mass is 16.2. The van der Waals surface area contributed by atoms with E-state index in [0.717, 1.165) is 6.42 Å². The van der Waals surface area contributed by atoms with Crippen molar-refractivity contribution in [1.82, 2.24) is 10.3 Å². The van der Waals surface area contributed by atoms with Crippen LogP contribution in [-0.2, 0) is 11.2 Å². The van der Waals surface area contributed by atoms with Gasteiger partial charge in [-0.15, -0.1) is 0 Å². The molecule has 4 heteroatoms. The summed E-state index contributed by atoms with van der Waals surface area (Å²) < 4.78 is 0. The normalized spacial score (nSPS) is 10.6. The lowest BCUT2D eigenvalue weighted by Gasteiger charge is -2.08. The molecule has 0 aliphatic heterocycles. The summed E-state index contributed by atoms with van der Waals surface area (Å²) >= 11 is 0. The number of ketones is 1. The molecule has 126 valence electrons. The number of nitrogens with zero attached hydrogens (tertiary/aromatic N) is 1. The zero-order valence-corrected chi connectivity index (χ0v) is 14.3. The second kappa shape index (κ2) is 8.96. The predicted octanol–water partition coefficient (Wildman–Crippen LogP) is 3.53. The average Bonchev–Trinajstić information content (AvgIpc) is 2.61. The monoisotopic (exact) mass is 324 g/mol. The minimum absolute atomic E-state index is 0.0532. The lowest BCUT2D eigenvalue weighted by Crippen LogP contribution is -2.26. The second-order valence-electron chi connectivity index (χ2n) is 6.16. The Morgan fingerprint density at radius 3 is 2.46 bits per heavy atom. The smallest absolute Gasteiger partial charge is 0.220 e. The Kier molecular flexibility index (Phi) is 6.67. The van der Waals surface area contributed by atoms with Gasteiger partial charge in [0.05, 0.1) is 0 Å². The van der Waals surface area contributed by atoms with E-state index in [1.165, 1.54) is 17.3 Å². The predicted molar refractivity (Wildman–Crippen MR) is 95.0 cm³/mol. The highest BCUT2D eigenvalue weighted by Crippen LogP contribution is 2.14. The van der Waals surface area contributed by atoms with E-state index in [2.05, 4.69) is 48.4 Å². The van der Waals surface area contributed by atoms with Crippen LogP contribution in [0.4, 0.5) is 0 Å². The Morgan fingerprint density at radius 1 is 1.08 bits per heavy atom. The highest BCUT2D eigenvalue weighted by molar-refractivity contribution is 5.97. The Labute approximate surface area is 143 Å². The number of carbonyl (C=O) groups is 2. The molecular weight excluding hydrogens is 300 g/mol. The van der Waals surface area contributed by atoms with Gasteiger partial charge in [0.2, 0.25) is 5.91 Å². The molecule has 0 bridgehead atoms. The molecule has 2 rings (SSSR count). The third-order valence-corrected chi connectivity index (χ3v) is 3.94. The van der Waals surface area contributed by atoms with Crippen LogP contribution in [0.25, 0.3) is 0 Å². The van der Waals surface area contributed by atoms with Crippen LogP contribution in [0.15, 0.2) is 48.8 Å². The summed E-state index contributed by atoms with van der Waals surface area (Å²) in [6, 6.07) is 11.9. The van der Waals surface area contributed by atoms with E-state index in [9.17, 15) is 9.59 Å². The number of carbonyl (C=O) groups excluding carboxylic acids is 2. The van der Waals surface area contributed by atoms with Crippen molar-refractivity contribution < 1.29 is 9.59 Å². The maximum absolute atomic E-state index is 11.9. The van der Waals surface area contributed by atoms with Crippen molar-refractivity contribution in [3.05, 3.63) is 65.5 Å². The van der Waals surface area contributed by atoms with Crippen LogP contribution in [0.2, 0.25) is 0 Å². The molecule has 0 atom stereocenters. The molecule has 0 unspecified atom stereocenters. The summed E-state index contributed by atoms with van der Waals surface area (Å²) in [5.74, 6) is 0.379. The molecule has 1 N–H and O–H groups in total. The summed E-state index contributed by atoms with van der Waals surface area (Å²) in [6.07, 6.45) is 4.36. The summed E-state index contributed by atoms with van der Waals surface area (Å²) in [7, 11) is 0. The number of amides is 1. The summed E-state index contributed by atoms with van der Waals surface area (Å²) in [5, 5.41) is 2.87. The van der Waals surface area contributed by atoms with E-state index < -0.39 is 0 Å². The average molecular weight is 324 g/mol. The van der Waals surface area contributed by atoms with Crippen molar-refractivity contribution >= 4 is 11.7 Å². The maximum Gasteiger partial charge on any atom is 0.220 e. The number of hydrogen-bond donors (Lipinski definition) is 1. The molecule has 0 radical (unpaired) electrons. The van der Waals surface area contributed by atoms with Gasteiger partial charge >= 0.3 is 0 Å². The van der Waals surface area contributed by atoms with Gasteiger partial charge in [-0.3, -0.25) is 14.6 Å². The number of Topliss-reactive ketones (excluding diaryl/α,β-unsaturated/α-hetero) is 1. The van der Waals surface area contributed by atoms with E-state index in [1.54, 1.807) is 18.3 Å². The van der Waals surface area contributed by atoms with Crippen LogP contribution >= 0.6 is 0 Å². The lowest BCUT2D eigenvalue weighted by atomic mass is 10.0. The number of benzene rings is 1. The molecule has 4 nitrogen and oxygen atoms in total. The SMILES string of the molecule is CC(C)c1ccc(CCNC(=O)CCC(=O)c2cccnc2)cc1. The molecule has 2 aromatic rings. The van der Waals surface area contributed by atoms with Crippen molar-refractivity contribution in [2.24, 2.45) is 0 Å². The Hall–Kier alpha value is -2.49. The maximum atomic E-state index is 11.9. The Balaban J connectivity index is 1.69. The van der Waals surface area contributed by atoms with Gasteiger partial charge in [0.15, 0.2) is 5.78 Å². The van der Waals surface area contributed by atoms with Crippen LogP contribution < -0.4 is 5.32 Å². The van der Waals surface area contributed by atoms with E-state index >= 15 is 0 Å². The topological polar surface area (TPSA) is 59.1 Å². The molecule has 0 aliphatic carbocycles. The quantitative estimate of drug-likeness (QED) is 0.756. The molecule has 0 saturated carbocycles. The molecule has 1 amide bonds. The van der Waals surface area contributed by atoms with Crippen LogP contribution in [0.1, 0.15) is 54.1 Å². The molecular formula is C20H24N2O2. The lowest BCUT2D eigenvalue weighted by molar-refractivity contribution is -0.121. The van der Waals surface area contributed by atoms with Gasteiger partial charge in [0.1, 0.15) is 0 Å². The van der Waals surface area contributed by atoms with Gasteiger partial charge in [0.25, 0.3) is 0 Å². The van der Waals surface area contributed by atoms with Gasteiger partial charge in [-0.05, 0) is 35.6 Å². The van der Waals surface area contributed by atoms with Crippen LogP contribution in [0.5, 0.6) is 0 Å². The van der Waals surface area contributed by atoms with Crippen LogP contribution in [0, 0.1) is 0 Å². The molecule has 0 saturated heterocycles. The third kappa shape index (κ3) is 5.61. The van der Waals surface area contributed by atoms with E-state index in [0.29, 0.717) is 18.0 Å². The number of nitrogens with one attached hydrogen (secondary N) is 1. The van der Waals surface area contributed by atoms with Crippen LogP contribution in [-0.4, -0.2) is 23.2 Å². The first kappa shape index (κ1) is 17.9. The fraction of sp³-hybridized carbons (Fsp3) is 0.350. The van der Waals surface area contributed by atoms with E-state index in [4.69, 9.17) is 0 Å². The minimum atomic E-state index is -0.0916. The summed E-state index contributed by atoms with van der Waals surface area (Å²) in [4.78, 5) is 27.7. The number of rotatable bonds is 8. The third-order valence-electron chi connectivity index (χ3n) is 3.94. The summed E-state index contributed by atoms with van der Waals surface area (Å²) in [5.41, 5.74) is 3.07. The zero-order valence-electron chi connectivity index (χ0n) is 14.3. The Bertz CT molecular complexity index is 664. The number of aromatic nitrogens is 1.